The van der Waals surface area contributed by atoms with Gasteiger partial charge in [-0.2, -0.15) is 0 Å². The zero-order valence-corrected chi connectivity index (χ0v) is 18.8. The fraction of sp³-hybridized carbons (Fsp3) is 0.478. The van der Waals surface area contributed by atoms with Crippen molar-refractivity contribution in [3.05, 3.63) is 46.1 Å². The van der Waals surface area contributed by atoms with Crippen LogP contribution in [0.2, 0.25) is 0 Å². The van der Waals surface area contributed by atoms with E-state index in [2.05, 4.69) is 25.1 Å². The SMILES string of the molecule is O=[N+]([O-])c1ccc(-c2csc3ncnc(N4CCC(COCN5CCCC5)CC4)c23)cc1. The number of piperidine rings is 1. The van der Waals surface area contributed by atoms with Crippen LogP contribution in [0, 0.1) is 16.0 Å². The summed E-state index contributed by atoms with van der Waals surface area (Å²) in [5.41, 5.74) is 2.08. The first kappa shape index (κ1) is 21.2. The minimum Gasteiger partial charge on any atom is -0.366 e. The molecule has 0 amide bonds. The van der Waals surface area contributed by atoms with Crippen LogP contribution >= 0.6 is 11.3 Å². The van der Waals surface area contributed by atoms with Crippen molar-refractivity contribution in [1.29, 1.82) is 0 Å². The average Bonchev–Trinajstić information content (AvgIpc) is 3.50. The number of nitro benzene ring substituents is 1. The molecule has 2 fully saturated rings. The van der Waals surface area contributed by atoms with E-state index in [1.165, 1.54) is 25.9 Å². The lowest BCUT2D eigenvalue weighted by atomic mass is 9.97. The van der Waals surface area contributed by atoms with Crippen molar-refractivity contribution in [2.75, 3.05) is 44.4 Å². The monoisotopic (exact) mass is 453 g/mol. The van der Waals surface area contributed by atoms with Gasteiger partial charge >= 0.3 is 0 Å². The van der Waals surface area contributed by atoms with Crippen LogP contribution in [0.4, 0.5) is 11.5 Å². The second-order valence-electron chi connectivity index (χ2n) is 8.59. The lowest BCUT2D eigenvalue weighted by Crippen LogP contribution is -2.36. The zero-order chi connectivity index (χ0) is 21.9. The Kier molecular flexibility index (Phi) is 6.29. The van der Waals surface area contributed by atoms with Crippen LogP contribution in [0.15, 0.2) is 36.0 Å². The Morgan fingerprint density at radius 1 is 1.09 bits per heavy atom. The van der Waals surface area contributed by atoms with Gasteiger partial charge in [-0.25, -0.2) is 9.97 Å². The van der Waals surface area contributed by atoms with Crippen LogP contribution in [0.5, 0.6) is 0 Å². The summed E-state index contributed by atoms with van der Waals surface area (Å²) in [6.45, 7) is 5.81. The van der Waals surface area contributed by atoms with Crippen LogP contribution in [0.3, 0.4) is 0 Å². The largest absolute Gasteiger partial charge is 0.366 e. The molecule has 0 bridgehead atoms. The van der Waals surface area contributed by atoms with Crippen LogP contribution in [-0.2, 0) is 4.74 Å². The van der Waals surface area contributed by atoms with Gasteiger partial charge in [-0.1, -0.05) is 0 Å². The van der Waals surface area contributed by atoms with Gasteiger partial charge in [0.05, 0.1) is 23.6 Å². The molecule has 2 aliphatic rings. The molecule has 4 heterocycles. The van der Waals surface area contributed by atoms with Gasteiger partial charge in [0.1, 0.15) is 17.0 Å². The van der Waals surface area contributed by atoms with Crippen LogP contribution in [0.1, 0.15) is 25.7 Å². The highest BCUT2D eigenvalue weighted by atomic mass is 32.1. The second kappa shape index (κ2) is 9.48. The number of anilines is 1. The predicted octanol–water partition coefficient (Wildman–Crippen LogP) is 4.55. The number of ether oxygens (including phenoxy) is 1. The Morgan fingerprint density at radius 2 is 1.84 bits per heavy atom. The van der Waals surface area contributed by atoms with E-state index in [1.807, 2.05) is 0 Å². The highest BCUT2D eigenvalue weighted by molar-refractivity contribution is 7.17. The summed E-state index contributed by atoms with van der Waals surface area (Å²) in [7, 11) is 0. The third-order valence-corrected chi connectivity index (χ3v) is 7.37. The molecule has 0 radical (unpaired) electrons. The lowest BCUT2D eigenvalue weighted by molar-refractivity contribution is -0.384. The van der Waals surface area contributed by atoms with E-state index < -0.39 is 0 Å². The average molecular weight is 454 g/mol. The van der Waals surface area contributed by atoms with E-state index in [4.69, 9.17) is 4.74 Å². The molecule has 8 nitrogen and oxygen atoms in total. The number of nitro groups is 1. The summed E-state index contributed by atoms with van der Waals surface area (Å²) in [4.78, 5) is 25.4. The van der Waals surface area contributed by atoms with Gasteiger partial charge in [-0.05, 0) is 49.3 Å². The first-order valence-corrected chi connectivity index (χ1v) is 12.1. The summed E-state index contributed by atoms with van der Waals surface area (Å²) in [5, 5.41) is 14.1. The molecule has 0 unspecified atom stereocenters. The van der Waals surface area contributed by atoms with Crippen molar-refractivity contribution in [3.63, 3.8) is 0 Å². The number of likely N-dealkylation sites (tertiary alicyclic amines) is 1. The van der Waals surface area contributed by atoms with E-state index in [0.717, 1.165) is 66.4 Å². The van der Waals surface area contributed by atoms with E-state index in [-0.39, 0.29) is 10.6 Å². The van der Waals surface area contributed by atoms with Crippen molar-refractivity contribution in [2.45, 2.75) is 25.7 Å². The number of hydrogen-bond donors (Lipinski definition) is 0. The Labute approximate surface area is 191 Å². The molecule has 0 saturated carbocycles. The van der Waals surface area contributed by atoms with E-state index in [9.17, 15) is 10.1 Å². The minimum absolute atomic E-state index is 0.0961. The van der Waals surface area contributed by atoms with E-state index >= 15 is 0 Å². The quantitative estimate of drug-likeness (QED) is 0.383. The molecule has 5 rings (SSSR count). The summed E-state index contributed by atoms with van der Waals surface area (Å²) in [6, 6.07) is 6.71. The van der Waals surface area contributed by atoms with E-state index in [0.29, 0.717) is 5.92 Å². The molecule has 0 atom stereocenters. The molecular weight excluding hydrogens is 426 g/mol. The molecule has 2 saturated heterocycles. The number of non-ortho nitro benzene ring substituents is 1. The Morgan fingerprint density at radius 3 is 2.56 bits per heavy atom. The summed E-state index contributed by atoms with van der Waals surface area (Å²) >= 11 is 1.58. The smallest absolute Gasteiger partial charge is 0.269 e. The van der Waals surface area contributed by atoms with Crippen molar-refractivity contribution >= 4 is 33.1 Å². The Bertz CT molecular complexity index is 1070. The number of rotatable bonds is 7. The van der Waals surface area contributed by atoms with Gasteiger partial charge < -0.3 is 9.64 Å². The minimum atomic E-state index is -0.372. The van der Waals surface area contributed by atoms with Gasteiger partial charge in [-0.15, -0.1) is 11.3 Å². The molecular formula is C23H27N5O3S. The maximum Gasteiger partial charge on any atom is 0.269 e. The molecule has 168 valence electrons. The van der Waals surface area contributed by atoms with Gasteiger partial charge in [0.2, 0.25) is 0 Å². The number of hydrogen-bond acceptors (Lipinski definition) is 8. The van der Waals surface area contributed by atoms with Gasteiger partial charge in [0, 0.05) is 49.3 Å². The molecule has 0 spiro atoms. The number of benzene rings is 1. The summed E-state index contributed by atoms with van der Waals surface area (Å²) in [6.07, 6.45) is 6.39. The first-order chi connectivity index (χ1) is 15.7. The van der Waals surface area contributed by atoms with Gasteiger partial charge in [0.25, 0.3) is 5.69 Å². The van der Waals surface area contributed by atoms with Crippen LogP contribution in [0.25, 0.3) is 21.3 Å². The third-order valence-electron chi connectivity index (χ3n) is 6.48. The standard InChI is InChI=1S/C23H27N5O3S/c29-28(30)19-5-3-18(4-6-19)20-14-32-23-21(20)22(24-15-25-23)27-11-7-17(8-12-27)13-31-16-26-9-1-2-10-26/h3-6,14-15,17H,1-2,7-13,16H2. The highest BCUT2D eigenvalue weighted by Crippen LogP contribution is 2.39. The van der Waals surface area contributed by atoms with Gasteiger partial charge in [-0.3, -0.25) is 15.0 Å². The topological polar surface area (TPSA) is 84.6 Å². The fourth-order valence-corrected chi connectivity index (χ4v) is 5.56. The number of fused-ring (bicyclic) bond motifs is 1. The molecule has 1 aromatic carbocycles. The van der Waals surface area contributed by atoms with Crippen molar-refractivity contribution in [2.24, 2.45) is 5.92 Å². The number of nitrogens with zero attached hydrogens (tertiary/aromatic N) is 5. The van der Waals surface area contributed by atoms with Crippen molar-refractivity contribution in [1.82, 2.24) is 14.9 Å². The van der Waals surface area contributed by atoms with Crippen molar-refractivity contribution < 1.29 is 9.66 Å². The normalized spacial score (nSPS) is 17.9. The van der Waals surface area contributed by atoms with Crippen LogP contribution < -0.4 is 4.90 Å². The number of aromatic nitrogens is 2. The Hall–Kier alpha value is -2.62. The third kappa shape index (κ3) is 4.46. The fourth-order valence-electron chi connectivity index (χ4n) is 4.65. The zero-order valence-electron chi connectivity index (χ0n) is 18.0. The second-order valence-corrected chi connectivity index (χ2v) is 9.44. The van der Waals surface area contributed by atoms with Crippen LogP contribution in [-0.4, -0.2) is 59.3 Å². The van der Waals surface area contributed by atoms with Gasteiger partial charge in [0.15, 0.2) is 0 Å². The van der Waals surface area contributed by atoms with E-state index in [1.54, 1.807) is 41.9 Å². The summed E-state index contributed by atoms with van der Waals surface area (Å²) in [5.74, 6) is 1.55. The Balaban J connectivity index is 1.28. The molecule has 9 heteroatoms. The molecule has 0 N–H and O–H groups in total. The maximum absolute atomic E-state index is 11.0. The summed E-state index contributed by atoms with van der Waals surface area (Å²) < 4.78 is 5.99. The molecule has 2 aliphatic heterocycles. The molecule has 0 aliphatic carbocycles. The number of thiophene rings is 1. The molecule has 2 aromatic heterocycles. The maximum atomic E-state index is 11.0. The molecule has 32 heavy (non-hydrogen) atoms. The lowest BCUT2D eigenvalue weighted by Gasteiger charge is -2.33. The highest BCUT2D eigenvalue weighted by Gasteiger charge is 2.24. The molecule has 3 aromatic rings. The first-order valence-electron chi connectivity index (χ1n) is 11.2. The van der Waals surface area contributed by atoms with Crippen molar-refractivity contribution in [3.8, 4) is 11.1 Å². The predicted molar refractivity (Wildman–Crippen MR) is 126 cm³/mol.